The summed E-state index contributed by atoms with van der Waals surface area (Å²) >= 11 is 7.71. The Morgan fingerprint density at radius 3 is 2.83 bits per heavy atom. The molecule has 0 atom stereocenters. The van der Waals surface area contributed by atoms with Gasteiger partial charge in [-0.15, -0.1) is 11.3 Å². The molecule has 5 heteroatoms. The van der Waals surface area contributed by atoms with Crippen molar-refractivity contribution in [3.8, 4) is 0 Å². The van der Waals surface area contributed by atoms with Crippen LogP contribution in [0.15, 0.2) is 6.07 Å². The van der Waals surface area contributed by atoms with Crippen LogP contribution in [0.4, 0.5) is 5.82 Å². The van der Waals surface area contributed by atoms with Crippen molar-refractivity contribution in [3.05, 3.63) is 16.2 Å². The van der Waals surface area contributed by atoms with Crippen molar-refractivity contribution in [2.24, 2.45) is 0 Å². The summed E-state index contributed by atoms with van der Waals surface area (Å²) < 4.78 is 0. The van der Waals surface area contributed by atoms with Crippen molar-refractivity contribution >= 4 is 39.0 Å². The molecule has 0 saturated heterocycles. The molecule has 1 fully saturated rings. The third-order valence-corrected chi connectivity index (χ3v) is 4.98. The van der Waals surface area contributed by atoms with Gasteiger partial charge in [0.15, 0.2) is 0 Å². The quantitative estimate of drug-likeness (QED) is 0.854. The smallest absolute Gasteiger partial charge is 0.225 e. The highest BCUT2D eigenvalue weighted by atomic mass is 35.5. The number of anilines is 1. The maximum absolute atomic E-state index is 6.01. The summed E-state index contributed by atoms with van der Waals surface area (Å²) in [5.41, 5.74) is 0.179. The average molecular weight is 282 g/mol. The van der Waals surface area contributed by atoms with Crippen molar-refractivity contribution in [2.75, 3.05) is 5.32 Å². The monoisotopic (exact) mass is 281 g/mol. The van der Waals surface area contributed by atoms with E-state index in [9.17, 15) is 0 Å². The molecular weight excluding hydrogens is 266 g/mol. The first kappa shape index (κ1) is 12.2. The molecule has 2 aromatic rings. The predicted octanol–water partition coefficient (Wildman–Crippen LogP) is 4.26. The van der Waals surface area contributed by atoms with Gasteiger partial charge in [0.05, 0.1) is 5.39 Å². The van der Waals surface area contributed by atoms with Crippen molar-refractivity contribution < 1.29 is 0 Å². The van der Waals surface area contributed by atoms with Gasteiger partial charge >= 0.3 is 0 Å². The lowest BCUT2D eigenvalue weighted by atomic mass is 9.78. The maximum atomic E-state index is 6.01. The van der Waals surface area contributed by atoms with E-state index in [2.05, 4.69) is 35.2 Å². The fourth-order valence-electron chi connectivity index (χ4n) is 2.33. The number of nitrogens with one attached hydrogen (secondary N) is 1. The molecule has 96 valence electrons. The first-order valence-corrected chi connectivity index (χ1v) is 7.53. The number of thiophene rings is 1. The second kappa shape index (κ2) is 4.35. The van der Waals surface area contributed by atoms with Crippen LogP contribution in [0.3, 0.4) is 0 Å². The Balaban J connectivity index is 2.05. The van der Waals surface area contributed by atoms with Gasteiger partial charge in [-0.2, -0.15) is 0 Å². The van der Waals surface area contributed by atoms with Gasteiger partial charge in [-0.1, -0.05) is 6.92 Å². The number of rotatable bonds is 3. The lowest BCUT2D eigenvalue weighted by Gasteiger charge is -2.39. The highest BCUT2D eigenvalue weighted by molar-refractivity contribution is 7.18. The van der Waals surface area contributed by atoms with E-state index in [-0.39, 0.29) is 5.54 Å². The summed E-state index contributed by atoms with van der Waals surface area (Å²) in [4.78, 5) is 11.0. The van der Waals surface area contributed by atoms with E-state index in [1.165, 1.54) is 24.1 Å². The number of hydrogen-bond donors (Lipinski definition) is 1. The van der Waals surface area contributed by atoms with E-state index < -0.39 is 0 Å². The van der Waals surface area contributed by atoms with Crippen LogP contribution in [-0.4, -0.2) is 15.5 Å². The Morgan fingerprint density at radius 2 is 2.22 bits per heavy atom. The standard InChI is InChI=1S/C13H16ClN3S/c1-3-8-7-9-10(17-13(2)5-4-6-13)15-12(14)16-11(9)18-8/h7H,3-6H2,1-2H3,(H,15,16,17). The molecule has 0 aliphatic heterocycles. The van der Waals surface area contributed by atoms with Crippen LogP contribution < -0.4 is 5.32 Å². The van der Waals surface area contributed by atoms with Crippen LogP contribution in [0.2, 0.25) is 5.28 Å². The molecule has 2 aromatic heterocycles. The molecule has 0 aromatic carbocycles. The Bertz CT molecular complexity index is 589. The lowest BCUT2D eigenvalue weighted by molar-refractivity contribution is 0.306. The van der Waals surface area contributed by atoms with Crippen molar-refractivity contribution in [1.82, 2.24) is 9.97 Å². The lowest BCUT2D eigenvalue weighted by Crippen LogP contribution is -2.41. The molecule has 3 rings (SSSR count). The van der Waals surface area contributed by atoms with Gasteiger partial charge in [-0.25, -0.2) is 9.97 Å². The highest BCUT2D eigenvalue weighted by Crippen LogP contribution is 2.37. The summed E-state index contributed by atoms with van der Waals surface area (Å²) in [6.07, 6.45) is 4.70. The zero-order valence-electron chi connectivity index (χ0n) is 10.6. The van der Waals surface area contributed by atoms with Crippen molar-refractivity contribution in [2.45, 2.75) is 45.1 Å². The minimum absolute atomic E-state index is 0.179. The van der Waals surface area contributed by atoms with Gasteiger partial charge in [-0.05, 0) is 50.3 Å². The van der Waals surface area contributed by atoms with Crippen LogP contribution >= 0.6 is 22.9 Å². The minimum atomic E-state index is 0.179. The summed E-state index contributed by atoms with van der Waals surface area (Å²) in [5, 5.41) is 4.98. The third kappa shape index (κ3) is 2.08. The number of aryl methyl sites for hydroxylation is 1. The van der Waals surface area contributed by atoms with Gasteiger partial charge in [0.1, 0.15) is 10.6 Å². The first-order valence-electron chi connectivity index (χ1n) is 6.34. The SMILES string of the molecule is CCc1cc2c(NC3(C)CCC3)nc(Cl)nc2s1. The number of hydrogen-bond acceptors (Lipinski definition) is 4. The van der Waals surface area contributed by atoms with Crippen LogP contribution in [0.25, 0.3) is 10.2 Å². The molecule has 1 N–H and O–H groups in total. The Morgan fingerprint density at radius 1 is 1.44 bits per heavy atom. The topological polar surface area (TPSA) is 37.8 Å². The largest absolute Gasteiger partial charge is 0.364 e. The van der Waals surface area contributed by atoms with E-state index in [0.29, 0.717) is 5.28 Å². The second-order valence-electron chi connectivity index (χ2n) is 5.17. The second-order valence-corrected chi connectivity index (χ2v) is 6.62. The Labute approximate surface area is 116 Å². The number of fused-ring (bicyclic) bond motifs is 1. The maximum Gasteiger partial charge on any atom is 0.225 e. The van der Waals surface area contributed by atoms with E-state index in [0.717, 1.165) is 22.5 Å². The Kier molecular flexibility index (Phi) is 2.94. The summed E-state index contributed by atoms with van der Waals surface area (Å²) in [7, 11) is 0. The van der Waals surface area contributed by atoms with E-state index in [4.69, 9.17) is 11.6 Å². The van der Waals surface area contributed by atoms with Crippen LogP contribution in [0, 0.1) is 0 Å². The molecule has 0 unspecified atom stereocenters. The van der Waals surface area contributed by atoms with Crippen LogP contribution in [0.5, 0.6) is 0 Å². The fraction of sp³-hybridized carbons (Fsp3) is 0.538. The molecule has 1 aliphatic rings. The van der Waals surface area contributed by atoms with E-state index in [1.54, 1.807) is 11.3 Å². The summed E-state index contributed by atoms with van der Waals surface area (Å²) in [6, 6.07) is 2.18. The minimum Gasteiger partial charge on any atom is -0.364 e. The highest BCUT2D eigenvalue weighted by Gasteiger charge is 2.32. The van der Waals surface area contributed by atoms with Gasteiger partial charge in [0, 0.05) is 10.4 Å². The molecule has 0 bridgehead atoms. The van der Waals surface area contributed by atoms with E-state index in [1.807, 2.05) is 0 Å². The number of nitrogens with zero attached hydrogens (tertiary/aromatic N) is 2. The van der Waals surface area contributed by atoms with Gasteiger partial charge in [0.2, 0.25) is 5.28 Å². The summed E-state index contributed by atoms with van der Waals surface area (Å²) in [5.74, 6) is 0.892. The predicted molar refractivity (Wildman–Crippen MR) is 77.7 cm³/mol. The number of aromatic nitrogens is 2. The van der Waals surface area contributed by atoms with Gasteiger partial charge < -0.3 is 5.32 Å². The normalized spacial score (nSPS) is 17.7. The molecule has 1 saturated carbocycles. The van der Waals surface area contributed by atoms with E-state index >= 15 is 0 Å². The third-order valence-electron chi connectivity index (χ3n) is 3.64. The van der Waals surface area contributed by atoms with Gasteiger partial charge in [-0.3, -0.25) is 0 Å². The molecule has 0 spiro atoms. The number of halogens is 1. The van der Waals surface area contributed by atoms with Crippen LogP contribution in [0.1, 0.15) is 38.0 Å². The molecular formula is C13H16ClN3S. The molecule has 0 radical (unpaired) electrons. The van der Waals surface area contributed by atoms with Crippen molar-refractivity contribution in [1.29, 1.82) is 0 Å². The zero-order valence-corrected chi connectivity index (χ0v) is 12.2. The molecule has 3 nitrogen and oxygen atoms in total. The summed E-state index contributed by atoms with van der Waals surface area (Å²) in [6.45, 7) is 4.39. The van der Waals surface area contributed by atoms with Crippen molar-refractivity contribution in [3.63, 3.8) is 0 Å². The molecule has 18 heavy (non-hydrogen) atoms. The van der Waals surface area contributed by atoms with Crippen LogP contribution in [-0.2, 0) is 6.42 Å². The Hall–Kier alpha value is -0.870. The molecule has 2 heterocycles. The fourth-order valence-corrected chi connectivity index (χ4v) is 3.52. The van der Waals surface area contributed by atoms with Gasteiger partial charge in [0.25, 0.3) is 0 Å². The average Bonchev–Trinajstić information content (AvgIpc) is 2.70. The first-order chi connectivity index (χ1) is 8.59. The molecule has 1 aliphatic carbocycles. The molecule has 0 amide bonds. The zero-order chi connectivity index (χ0) is 12.8.